The summed E-state index contributed by atoms with van der Waals surface area (Å²) in [6, 6.07) is 23.1. The normalized spacial score (nSPS) is 22.7. The maximum absolute atomic E-state index is 7.04. The van der Waals surface area contributed by atoms with Gasteiger partial charge in [-0.05, 0) is 105 Å². The number of nitrogens with one attached hydrogen (secondary N) is 1. The van der Waals surface area contributed by atoms with E-state index in [1.165, 1.54) is 34.6 Å². The Morgan fingerprint density at radius 2 is 1.63 bits per heavy atom. The molecule has 5 nitrogen and oxygen atoms in total. The summed E-state index contributed by atoms with van der Waals surface area (Å²) in [4.78, 5) is 9.42. The Kier molecular flexibility index (Phi) is 7.56. The molecule has 4 heterocycles. The highest BCUT2D eigenvalue weighted by molar-refractivity contribution is 7.80. The van der Waals surface area contributed by atoms with E-state index in [1.54, 1.807) is 0 Å². The second kappa shape index (κ2) is 11.1. The van der Waals surface area contributed by atoms with Crippen molar-refractivity contribution in [2.24, 2.45) is 11.8 Å². The number of aromatic nitrogens is 2. The van der Waals surface area contributed by atoms with Gasteiger partial charge in [0.05, 0.1) is 28.5 Å². The van der Waals surface area contributed by atoms with Gasteiger partial charge in [0.25, 0.3) is 0 Å². The second-order valence-corrected chi connectivity index (χ2v) is 12.7. The first-order valence-corrected chi connectivity index (χ1v) is 15.3. The van der Waals surface area contributed by atoms with Gasteiger partial charge in [-0.1, -0.05) is 49.7 Å². The number of thiocarbonyl (C=S) groups is 1. The number of rotatable bonds is 5. The summed E-state index contributed by atoms with van der Waals surface area (Å²) in [7, 11) is 0. The van der Waals surface area contributed by atoms with Crippen LogP contribution in [-0.4, -0.2) is 27.8 Å². The van der Waals surface area contributed by atoms with Crippen LogP contribution in [0, 0.1) is 32.6 Å². The number of benzene rings is 2. The average Bonchev–Trinajstić information content (AvgIpc) is 3.43. The topological polar surface area (TPSA) is 36.3 Å². The van der Waals surface area contributed by atoms with Crippen LogP contribution in [0.15, 0.2) is 72.9 Å². The van der Waals surface area contributed by atoms with Gasteiger partial charge in [-0.3, -0.25) is 4.98 Å². The van der Waals surface area contributed by atoms with E-state index in [-0.39, 0.29) is 12.1 Å². The predicted molar refractivity (Wildman–Crippen MR) is 175 cm³/mol. The van der Waals surface area contributed by atoms with Gasteiger partial charge in [0, 0.05) is 42.0 Å². The van der Waals surface area contributed by atoms with Crippen LogP contribution in [0.3, 0.4) is 0 Å². The lowest BCUT2D eigenvalue weighted by atomic mass is 9.91. The fourth-order valence-electron chi connectivity index (χ4n) is 6.98. The lowest BCUT2D eigenvalue weighted by Gasteiger charge is -2.37. The Labute approximate surface area is 254 Å². The highest BCUT2D eigenvalue weighted by Gasteiger charge is 2.42. The minimum absolute atomic E-state index is 0.0988. The molecule has 0 saturated carbocycles. The molecule has 4 aromatic rings. The van der Waals surface area contributed by atoms with Gasteiger partial charge in [0.15, 0.2) is 5.11 Å². The molecule has 0 unspecified atom stereocenters. The van der Waals surface area contributed by atoms with Crippen molar-refractivity contribution in [3.8, 4) is 5.69 Å². The molecule has 41 heavy (non-hydrogen) atoms. The molecule has 0 amide bonds. The summed E-state index contributed by atoms with van der Waals surface area (Å²) in [6.45, 7) is 13.3. The van der Waals surface area contributed by atoms with E-state index in [1.807, 2.05) is 18.3 Å². The first-order chi connectivity index (χ1) is 19.7. The zero-order valence-electron chi connectivity index (χ0n) is 24.4. The standard InChI is InChI=1S/C34H38ClN5S/c1-21-16-22(2)20-38(19-21)31-14-13-26(18-28(31)35)40-33(32(37-34(40)41)29-11-8-9-15-36-29)27-17-24(4)39(25(27)5)30-12-7-6-10-23(30)3/h6-15,17-18,21-22,32-33H,16,19-20H2,1-5H3,(H,37,41)/t21-,22+,32-,33-/m1/s1. The number of aryl methyl sites for hydroxylation is 2. The molecule has 2 aromatic heterocycles. The summed E-state index contributed by atoms with van der Waals surface area (Å²) in [5.41, 5.74) is 9.07. The largest absolute Gasteiger partial charge is 0.370 e. The van der Waals surface area contributed by atoms with Gasteiger partial charge in [0.2, 0.25) is 0 Å². The number of halogens is 1. The monoisotopic (exact) mass is 583 g/mol. The van der Waals surface area contributed by atoms with Gasteiger partial charge in [0.1, 0.15) is 0 Å². The molecule has 2 aliphatic heterocycles. The lowest BCUT2D eigenvalue weighted by molar-refractivity contribution is 0.357. The van der Waals surface area contributed by atoms with Crippen molar-refractivity contribution < 1.29 is 0 Å². The van der Waals surface area contributed by atoms with E-state index in [2.05, 4.69) is 109 Å². The van der Waals surface area contributed by atoms with E-state index < -0.39 is 0 Å². The number of hydrogen-bond acceptors (Lipinski definition) is 3. The van der Waals surface area contributed by atoms with Crippen LogP contribution in [0.2, 0.25) is 5.02 Å². The molecule has 4 atom stereocenters. The van der Waals surface area contributed by atoms with Crippen LogP contribution in [-0.2, 0) is 0 Å². The average molecular weight is 584 g/mol. The third kappa shape index (κ3) is 5.13. The van der Waals surface area contributed by atoms with Crippen LogP contribution in [0.1, 0.15) is 60.6 Å². The van der Waals surface area contributed by atoms with Gasteiger partial charge >= 0.3 is 0 Å². The first-order valence-electron chi connectivity index (χ1n) is 14.5. The number of pyridine rings is 1. The molecule has 0 spiro atoms. The van der Waals surface area contributed by atoms with Crippen LogP contribution in [0.5, 0.6) is 0 Å². The van der Waals surface area contributed by atoms with Crippen molar-refractivity contribution in [1.82, 2.24) is 14.9 Å². The molecular weight excluding hydrogens is 546 g/mol. The summed E-state index contributed by atoms with van der Waals surface area (Å²) in [6.07, 6.45) is 3.11. The summed E-state index contributed by atoms with van der Waals surface area (Å²) >= 11 is 13.1. The van der Waals surface area contributed by atoms with Crippen molar-refractivity contribution in [3.63, 3.8) is 0 Å². The van der Waals surface area contributed by atoms with E-state index in [0.29, 0.717) is 16.9 Å². The Balaban J connectivity index is 1.45. The quantitative estimate of drug-likeness (QED) is 0.240. The van der Waals surface area contributed by atoms with Crippen molar-refractivity contribution in [2.75, 3.05) is 22.9 Å². The van der Waals surface area contributed by atoms with Crippen LogP contribution in [0.4, 0.5) is 11.4 Å². The fraction of sp³-hybridized carbons (Fsp3) is 0.353. The van der Waals surface area contributed by atoms with Crippen molar-refractivity contribution >= 4 is 40.3 Å². The highest BCUT2D eigenvalue weighted by atomic mass is 35.5. The third-order valence-electron chi connectivity index (χ3n) is 8.66. The predicted octanol–water partition coefficient (Wildman–Crippen LogP) is 8.11. The van der Waals surface area contributed by atoms with E-state index >= 15 is 0 Å². The number of nitrogens with zero attached hydrogens (tertiary/aromatic N) is 4. The zero-order chi connectivity index (χ0) is 28.8. The maximum atomic E-state index is 7.04. The summed E-state index contributed by atoms with van der Waals surface area (Å²) in [5, 5.41) is 5.05. The molecule has 0 bridgehead atoms. The SMILES string of the molecule is Cc1ccccc1-n1c(C)cc([C@@H]2[C@@H](c3ccccn3)NC(=S)N2c2ccc(N3C[C@H](C)C[C@H](C)C3)c(Cl)c2)c1C. The van der Waals surface area contributed by atoms with Crippen molar-refractivity contribution in [3.05, 3.63) is 106 Å². The van der Waals surface area contributed by atoms with E-state index in [0.717, 1.165) is 35.2 Å². The van der Waals surface area contributed by atoms with Crippen LogP contribution >= 0.6 is 23.8 Å². The first kappa shape index (κ1) is 27.8. The van der Waals surface area contributed by atoms with Crippen LogP contribution < -0.4 is 15.1 Å². The second-order valence-electron chi connectivity index (χ2n) is 11.9. The van der Waals surface area contributed by atoms with Gasteiger partial charge < -0.3 is 19.7 Å². The molecule has 2 saturated heterocycles. The fourth-order valence-corrected chi connectivity index (χ4v) is 7.62. The molecule has 7 heteroatoms. The smallest absolute Gasteiger partial charge is 0.174 e. The molecule has 0 radical (unpaired) electrons. The molecule has 212 valence electrons. The Morgan fingerprint density at radius 3 is 2.32 bits per heavy atom. The molecule has 0 aliphatic carbocycles. The van der Waals surface area contributed by atoms with Gasteiger partial charge in [-0.2, -0.15) is 0 Å². The Morgan fingerprint density at radius 1 is 0.902 bits per heavy atom. The third-order valence-corrected chi connectivity index (χ3v) is 9.28. The molecule has 2 aromatic carbocycles. The Hall–Kier alpha value is -3.35. The number of piperidine rings is 1. The summed E-state index contributed by atoms with van der Waals surface area (Å²) < 4.78 is 2.36. The Bertz CT molecular complexity index is 1570. The van der Waals surface area contributed by atoms with Crippen molar-refractivity contribution in [2.45, 2.75) is 53.1 Å². The molecular formula is C34H38ClN5S. The maximum Gasteiger partial charge on any atom is 0.174 e. The molecule has 2 fully saturated rings. The molecule has 6 rings (SSSR count). The molecule has 2 aliphatic rings. The molecule has 1 N–H and O–H groups in total. The summed E-state index contributed by atoms with van der Waals surface area (Å²) in [5.74, 6) is 1.30. The zero-order valence-corrected chi connectivity index (χ0v) is 26.0. The van der Waals surface area contributed by atoms with Gasteiger partial charge in [-0.15, -0.1) is 0 Å². The van der Waals surface area contributed by atoms with E-state index in [9.17, 15) is 0 Å². The van der Waals surface area contributed by atoms with Crippen LogP contribution in [0.25, 0.3) is 5.69 Å². The minimum Gasteiger partial charge on any atom is -0.370 e. The van der Waals surface area contributed by atoms with E-state index in [4.69, 9.17) is 28.8 Å². The van der Waals surface area contributed by atoms with Crippen molar-refractivity contribution in [1.29, 1.82) is 0 Å². The minimum atomic E-state index is -0.114. The number of para-hydroxylation sites is 1. The van der Waals surface area contributed by atoms with Gasteiger partial charge in [-0.25, -0.2) is 0 Å². The number of anilines is 2. The lowest BCUT2D eigenvalue weighted by Crippen LogP contribution is -2.38. The number of hydrogen-bond donors (Lipinski definition) is 1. The highest BCUT2D eigenvalue weighted by Crippen LogP contribution is 2.45.